The summed E-state index contributed by atoms with van der Waals surface area (Å²) in [6.07, 6.45) is 0.710. The lowest BCUT2D eigenvalue weighted by Crippen LogP contribution is -2.45. The summed E-state index contributed by atoms with van der Waals surface area (Å²) >= 11 is 0. The number of nitrogens with one attached hydrogen (secondary N) is 1. The van der Waals surface area contributed by atoms with Gasteiger partial charge in [-0.3, -0.25) is 14.8 Å². The van der Waals surface area contributed by atoms with Gasteiger partial charge in [0, 0.05) is 23.6 Å². The van der Waals surface area contributed by atoms with Crippen LogP contribution in [0.5, 0.6) is 5.75 Å². The maximum absolute atomic E-state index is 12.9. The highest BCUT2D eigenvalue weighted by molar-refractivity contribution is 7.91. The largest absolute Gasteiger partial charge is 0.491 e. The molecule has 0 unspecified atom stereocenters. The average Bonchev–Trinajstić information content (AvgIpc) is 2.79. The number of amides is 2. The second kappa shape index (κ2) is 7.24. The highest BCUT2D eigenvalue weighted by atomic mass is 32.2. The lowest BCUT2D eigenvalue weighted by Gasteiger charge is -2.31. The molecule has 1 saturated heterocycles. The van der Waals surface area contributed by atoms with Gasteiger partial charge in [0.2, 0.25) is 5.91 Å². The Bertz CT molecular complexity index is 809. The van der Waals surface area contributed by atoms with Crippen molar-refractivity contribution in [2.45, 2.75) is 32.4 Å². The summed E-state index contributed by atoms with van der Waals surface area (Å²) in [5, 5.41) is 8.75. The van der Waals surface area contributed by atoms with Crippen LogP contribution in [0.25, 0.3) is 0 Å². The van der Waals surface area contributed by atoms with Crippen molar-refractivity contribution in [3.8, 4) is 5.75 Å². The third-order valence-electron chi connectivity index (χ3n) is 4.97. The fraction of sp³-hybridized carbons (Fsp3) is 0.529. The van der Waals surface area contributed by atoms with E-state index < -0.39 is 15.7 Å². The number of hydrogen-bond acceptors (Lipinski definition) is 6. The van der Waals surface area contributed by atoms with Crippen LogP contribution in [0.1, 0.15) is 35.7 Å². The summed E-state index contributed by atoms with van der Waals surface area (Å²) in [4.78, 5) is 26.2. The number of benzene rings is 1. The molecule has 0 radical (unpaired) electrons. The first-order chi connectivity index (χ1) is 12.3. The SMILES string of the molecule is C[C@H]1COc2cc(C(=O)NO)ccc2CN1C(=O)C1CCS(=O)(=O)CC1. The molecule has 2 aliphatic rings. The van der Waals surface area contributed by atoms with Gasteiger partial charge in [-0.1, -0.05) is 6.07 Å². The number of fused-ring (bicyclic) bond motifs is 1. The zero-order chi connectivity index (χ0) is 18.9. The van der Waals surface area contributed by atoms with E-state index in [-0.39, 0.29) is 41.5 Å². The Morgan fingerprint density at radius 3 is 2.62 bits per heavy atom. The van der Waals surface area contributed by atoms with Crippen LogP contribution in [0.3, 0.4) is 0 Å². The monoisotopic (exact) mass is 382 g/mol. The predicted molar refractivity (Wildman–Crippen MR) is 92.6 cm³/mol. The average molecular weight is 382 g/mol. The van der Waals surface area contributed by atoms with Crippen LogP contribution in [0.2, 0.25) is 0 Å². The summed E-state index contributed by atoms with van der Waals surface area (Å²) in [5.41, 5.74) is 2.61. The third kappa shape index (κ3) is 3.83. The Morgan fingerprint density at radius 1 is 1.27 bits per heavy atom. The first kappa shape index (κ1) is 18.7. The molecule has 0 bridgehead atoms. The Balaban J connectivity index is 1.79. The van der Waals surface area contributed by atoms with Crippen molar-refractivity contribution in [3.63, 3.8) is 0 Å². The van der Waals surface area contributed by atoms with Gasteiger partial charge in [0.05, 0.1) is 17.5 Å². The topological polar surface area (TPSA) is 113 Å². The minimum atomic E-state index is -3.02. The van der Waals surface area contributed by atoms with E-state index >= 15 is 0 Å². The van der Waals surface area contributed by atoms with E-state index in [0.29, 0.717) is 25.1 Å². The van der Waals surface area contributed by atoms with E-state index in [1.54, 1.807) is 22.5 Å². The molecule has 1 fully saturated rings. The second-order valence-electron chi connectivity index (χ2n) is 6.82. The van der Waals surface area contributed by atoms with Gasteiger partial charge >= 0.3 is 0 Å². The molecule has 0 aliphatic carbocycles. The highest BCUT2D eigenvalue weighted by Crippen LogP contribution is 2.29. The molecule has 0 saturated carbocycles. The molecular formula is C17H22N2O6S. The fourth-order valence-corrected chi connectivity index (χ4v) is 4.82. The smallest absolute Gasteiger partial charge is 0.274 e. The molecule has 1 atom stereocenters. The van der Waals surface area contributed by atoms with Crippen molar-refractivity contribution in [3.05, 3.63) is 29.3 Å². The Labute approximate surface area is 152 Å². The lowest BCUT2D eigenvalue weighted by molar-refractivity contribution is -0.138. The van der Waals surface area contributed by atoms with Gasteiger partial charge in [0.25, 0.3) is 5.91 Å². The quantitative estimate of drug-likeness (QED) is 0.576. The predicted octanol–water partition coefficient (Wildman–Crippen LogP) is 0.740. The summed E-state index contributed by atoms with van der Waals surface area (Å²) in [7, 11) is -3.02. The molecule has 1 aromatic rings. The van der Waals surface area contributed by atoms with Crippen LogP contribution in [-0.2, 0) is 21.2 Å². The molecule has 2 N–H and O–H groups in total. The van der Waals surface area contributed by atoms with Gasteiger partial charge in [0.1, 0.15) is 22.2 Å². The van der Waals surface area contributed by atoms with E-state index in [4.69, 9.17) is 9.94 Å². The Morgan fingerprint density at radius 2 is 1.96 bits per heavy atom. The number of rotatable bonds is 2. The standard InChI is InChI=1S/C17H22N2O6S/c1-11-10-25-15-8-13(16(20)18-22)2-3-14(15)9-19(11)17(21)12-4-6-26(23,24)7-5-12/h2-3,8,11-12,22H,4-7,9-10H2,1H3,(H,18,20)/t11-/m0/s1. The molecule has 26 heavy (non-hydrogen) atoms. The summed E-state index contributed by atoms with van der Waals surface area (Å²) in [6, 6.07) is 4.61. The number of carbonyl (C=O) groups excluding carboxylic acids is 2. The van der Waals surface area contributed by atoms with Crippen molar-refractivity contribution < 1.29 is 28.0 Å². The van der Waals surface area contributed by atoms with Crippen LogP contribution in [-0.4, -0.2) is 54.5 Å². The minimum Gasteiger partial charge on any atom is -0.491 e. The van der Waals surface area contributed by atoms with Crippen molar-refractivity contribution in [1.82, 2.24) is 10.4 Å². The van der Waals surface area contributed by atoms with Crippen LogP contribution in [0.4, 0.5) is 0 Å². The van der Waals surface area contributed by atoms with E-state index in [1.807, 2.05) is 6.92 Å². The molecule has 2 amide bonds. The number of sulfone groups is 1. The van der Waals surface area contributed by atoms with Gasteiger partial charge in [0.15, 0.2) is 0 Å². The minimum absolute atomic E-state index is 0.0539. The van der Waals surface area contributed by atoms with Crippen molar-refractivity contribution in [2.24, 2.45) is 5.92 Å². The molecule has 3 rings (SSSR count). The van der Waals surface area contributed by atoms with E-state index in [9.17, 15) is 18.0 Å². The molecule has 2 aliphatic heterocycles. The third-order valence-corrected chi connectivity index (χ3v) is 6.69. The number of hydroxylamine groups is 1. The van der Waals surface area contributed by atoms with Gasteiger partial charge in [-0.05, 0) is 31.9 Å². The molecule has 9 heteroatoms. The van der Waals surface area contributed by atoms with Crippen molar-refractivity contribution in [1.29, 1.82) is 0 Å². The number of nitrogens with zero attached hydrogens (tertiary/aromatic N) is 1. The molecule has 2 heterocycles. The van der Waals surface area contributed by atoms with Crippen LogP contribution >= 0.6 is 0 Å². The molecule has 8 nitrogen and oxygen atoms in total. The first-order valence-corrected chi connectivity index (χ1v) is 10.3. The highest BCUT2D eigenvalue weighted by Gasteiger charge is 2.34. The Kier molecular flexibility index (Phi) is 5.19. The lowest BCUT2D eigenvalue weighted by atomic mass is 9.99. The molecule has 1 aromatic carbocycles. The number of carbonyl (C=O) groups is 2. The zero-order valence-electron chi connectivity index (χ0n) is 14.5. The second-order valence-corrected chi connectivity index (χ2v) is 9.12. The van der Waals surface area contributed by atoms with Crippen LogP contribution in [0, 0.1) is 5.92 Å². The Hall–Kier alpha value is -2.13. The maximum Gasteiger partial charge on any atom is 0.274 e. The molecular weight excluding hydrogens is 360 g/mol. The normalized spacial score (nSPS) is 22.7. The molecule has 142 valence electrons. The van der Waals surface area contributed by atoms with E-state index in [1.165, 1.54) is 6.07 Å². The van der Waals surface area contributed by atoms with E-state index in [2.05, 4.69) is 0 Å². The number of hydrogen-bond donors (Lipinski definition) is 2. The fourth-order valence-electron chi connectivity index (χ4n) is 3.33. The number of ether oxygens (including phenoxy) is 1. The van der Waals surface area contributed by atoms with Crippen LogP contribution < -0.4 is 10.2 Å². The van der Waals surface area contributed by atoms with Gasteiger partial charge in [-0.25, -0.2) is 13.9 Å². The molecule has 0 spiro atoms. The van der Waals surface area contributed by atoms with E-state index in [0.717, 1.165) is 5.56 Å². The van der Waals surface area contributed by atoms with Crippen molar-refractivity contribution in [2.75, 3.05) is 18.1 Å². The summed E-state index contributed by atoms with van der Waals surface area (Å²) in [5.74, 6) is -0.371. The van der Waals surface area contributed by atoms with Gasteiger partial charge in [-0.15, -0.1) is 0 Å². The van der Waals surface area contributed by atoms with Gasteiger partial charge in [-0.2, -0.15) is 0 Å². The van der Waals surface area contributed by atoms with Crippen molar-refractivity contribution >= 4 is 21.7 Å². The van der Waals surface area contributed by atoms with Gasteiger partial charge < -0.3 is 9.64 Å². The first-order valence-electron chi connectivity index (χ1n) is 8.52. The summed E-state index contributed by atoms with van der Waals surface area (Å²) in [6.45, 7) is 2.48. The summed E-state index contributed by atoms with van der Waals surface area (Å²) < 4.78 is 28.9. The maximum atomic E-state index is 12.9. The molecule has 0 aromatic heterocycles. The van der Waals surface area contributed by atoms with Crippen LogP contribution in [0.15, 0.2) is 18.2 Å². The zero-order valence-corrected chi connectivity index (χ0v) is 15.3.